The Hall–Kier alpha value is -1.28. The van der Waals surface area contributed by atoms with Crippen molar-refractivity contribution in [3.63, 3.8) is 0 Å². The van der Waals surface area contributed by atoms with Crippen LogP contribution in [0.25, 0.3) is 0 Å². The molecule has 0 spiro atoms. The van der Waals surface area contributed by atoms with Crippen molar-refractivity contribution >= 4 is 48.8 Å². The number of anilines is 1. The van der Waals surface area contributed by atoms with Crippen molar-refractivity contribution < 1.29 is 9.21 Å². The molecule has 1 aromatic heterocycles. The van der Waals surface area contributed by atoms with E-state index in [0.717, 1.165) is 45.0 Å². The van der Waals surface area contributed by atoms with Crippen LogP contribution in [0, 0.1) is 0 Å². The monoisotopic (exact) mass is 450 g/mol. The Labute approximate surface area is 185 Å². The fourth-order valence-electron chi connectivity index (χ4n) is 3.03. The minimum Gasteiger partial charge on any atom is -0.467 e. The molecule has 1 amide bonds. The minimum atomic E-state index is -0.188. The van der Waals surface area contributed by atoms with Crippen molar-refractivity contribution in [2.24, 2.45) is 5.73 Å². The maximum absolute atomic E-state index is 12.2. The first-order valence-corrected chi connectivity index (χ1v) is 8.80. The van der Waals surface area contributed by atoms with Crippen LogP contribution in [-0.2, 0) is 13.1 Å². The highest BCUT2D eigenvalue weighted by molar-refractivity contribution is 6.04. The molecule has 2 aromatic rings. The second kappa shape index (κ2) is 13.0. The zero-order valence-corrected chi connectivity index (χ0v) is 18.4. The zero-order chi connectivity index (χ0) is 17.6. The second-order valence-corrected chi connectivity index (χ2v) is 6.37. The topological polar surface area (TPSA) is 74.7 Å². The van der Waals surface area contributed by atoms with Crippen LogP contribution in [0.4, 0.5) is 5.69 Å². The van der Waals surface area contributed by atoms with Gasteiger partial charge in [-0.25, -0.2) is 0 Å². The molecule has 2 heterocycles. The van der Waals surface area contributed by atoms with Gasteiger partial charge in [0.05, 0.1) is 12.1 Å². The van der Waals surface area contributed by atoms with Crippen molar-refractivity contribution in [2.75, 3.05) is 38.0 Å². The highest BCUT2D eigenvalue weighted by Crippen LogP contribution is 2.15. The average molecular weight is 452 g/mol. The van der Waals surface area contributed by atoms with Gasteiger partial charge in [0, 0.05) is 38.4 Å². The largest absolute Gasteiger partial charge is 0.467 e. The Morgan fingerprint density at radius 2 is 1.68 bits per heavy atom. The molecule has 3 N–H and O–H groups in total. The summed E-state index contributed by atoms with van der Waals surface area (Å²) in [4.78, 5) is 17.1. The fraction of sp³-hybridized carbons (Fsp3) is 0.421. The molecule has 1 aliphatic rings. The molecule has 3 rings (SSSR count). The van der Waals surface area contributed by atoms with Crippen LogP contribution >= 0.6 is 37.2 Å². The number of hydrogen-bond acceptors (Lipinski definition) is 5. The summed E-state index contributed by atoms with van der Waals surface area (Å²) in [6, 6.07) is 9.70. The van der Waals surface area contributed by atoms with Gasteiger partial charge >= 0.3 is 0 Å². The van der Waals surface area contributed by atoms with Crippen LogP contribution in [0.2, 0.25) is 0 Å². The van der Waals surface area contributed by atoms with E-state index in [1.165, 1.54) is 11.8 Å². The molecule has 6 nitrogen and oxygen atoms in total. The SMILES string of the molecule is CCN1CCN(Cc2ccc(NC(=O)c3coc(CN)c3)cc2)CC1.Cl.Cl.Cl. The molecule has 0 saturated carbocycles. The third kappa shape index (κ3) is 7.28. The molecule has 1 fully saturated rings. The van der Waals surface area contributed by atoms with E-state index in [1.54, 1.807) is 6.07 Å². The predicted octanol–water partition coefficient (Wildman–Crippen LogP) is 3.39. The fourth-order valence-corrected chi connectivity index (χ4v) is 3.03. The Kier molecular flexibility index (Phi) is 12.4. The Balaban J connectivity index is 0.00000243. The van der Waals surface area contributed by atoms with E-state index in [4.69, 9.17) is 10.2 Å². The maximum Gasteiger partial charge on any atom is 0.258 e. The van der Waals surface area contributed by atoms with E-state index < -0.39 is 0 Å². The van der Waals surface area contributed by atoms with Crippen LogP contribution < -0.4 is 11.1 Å². The van der Waals surface area contributed by atoms with Crippen molar-refractivity contribution in [1.82, 2.24) is 9.80 Å². The van der Waals surface area contributed by atoms with Crippen LogP contribution in [0.1, 0.15) is 28.6 Å². The standard InChI is InChI=1S/C19H26N4O2.3ClH/c1-2-22-7-9-23(10-8-22)13-15-3-5-17(6-4-15)21-19(24)16-11-18(12-20)25-14-16;;;/h3-6,11,14H,2,7-10,12-13,20H2,1H3,(H,21,24);3*1H. The highest BCUT2D eigenvalue weighted by atomic mass is 35.5. The lowest BCUT2D eigenvalue weighted by Crippen LogP contribution is -2.45. The molecule has 28 heavy (non-hydrogen) atoms. The van der Waals surface area contributed by atoms with Crippen molar-refractivity contribution in [1.29, 1.82) is 0 Å². The Bertz CT molecular complexity index is 701. The molecule has 0 unspecified atom stereocenters. The lowest BCUT2D eigenvalue weighted by Gasteiger charge is -2.34. The predicted molar refractivity (Wildman–Crippen MR) is 120 cm³/mol. The zero-order valence-electron chi connectivity index (χ0n) is 15.9. The number of nitrogens with one attached hydrogen (secondary N) is 1. The van der Waals surface area contributed by atoms with Gasteiger partial charge in [-0.05, 0) is 30.3 Å². The Morgan fingerprint density at radius 3 is 2.21 bits per heavy atom. The number of piperazine rings is 1. The van der Waals surface area contributed by atoms with Gasteiger partial charge in [-0.15, -0.1) is 37.2 Å². The van der Waals surface area contributed by atoms with E-state index in [9.17, 15) is 4.79 Å². The number of benzene rings is 1. The normalized spacial score (nSPS) is 14.4. The number of amides is 1. The molecule has 0 bridgehead atoms. The van der Waals surface area contributed by atoms with E-state index >= 15 is 0 Å². The number of hydrogen-bond donors (Lipinski definition) is 2. The van der Waals surface area contributed by atoms with Gasteiger partial charge in [-0.2, -0.15) is 0 Å². The number of nitrogens with two attached hydrogens (primary N) is 1. The summed E-state index contributed by atoms with van der Waals surface area (Å²) in [5.74, 6) is 0.413. The van der Waals surface area contributed by atoms with Crippen LogP contribution in [0.5, 0.6) is 0 Å². The summed E-state index contributed by atoms with van der Waals surface area (Å²) < 4.78 is 5.20. The Morgan fingerprint density at radius 1 is 1.07 bits per heavy atom. The molecule has 1 saturated heterocycles. The molecule has 1 aromatic carbocycles. The van der Waals surface area contributed by atoms with Gasteiger partial charge < -0.3 is 20.4 Å². The van der Waals surface area contributed by atoms with Crippen molar-refractivity contribution in [2.45, 2.75) is 20.0 Å². The lowest BCUT2D eigenvalue weighted by molar-refractivity contribution is 0.102. The quantitative estimate of drug-likeness (QED) is 0.704. The number of halogens is 3. The van der Waals surface area contributed by atoms with Crippen LogP contribution in [0.3, 0.4) is 0 Å². The highest BCUT2D eigenvalue weighted by Gasteiger charge is 2.15. The number of rotatable bonds is 6. The van der Waals surface area contributed by atoms with Crippen LogP contribution in [-0.4, -0.2) is 48.4 Å². The number of carbonyl (C=O) groups excluding carboxylic acids is 1. The maximum atomic E-state index is 12.2. The van der Waals surface area contributed by atoms with Gasteiger partial charge in [0.1, 0.15) is 12.0 Å². The summed E-state index contributed by atoms with van der Waals surface area (Å²) in [7, 11) is 0. The van der Waals surface area contributed by atoms with E-state index in [-0.39, 0.29) is 49.7 Å². The number of nitrogens with zero attached hydrogens (tertiary/aromatic N) is 2. The number of furan rings is 1. The van der Waals surface area contributed by atoms with Gasteiger partial charge in [0.15, 0.2) is 0 Å². The smallest absolute Gasteiger partial charge is 0.258 e. The summed E-state index contributed by atoms with van der Waals surface area (Å²) in [6.45, 7) is 9.07. The molecule has 9 heteroatoms. The van der Waals surface area contributed by atoms with Gasteiger partial charge in [0.25, 0.3) is 5.91 Å². The van der Waals surface area contributed by atoms with Crippen molar-refractivity contribution in [3.05, 3.63) is 53.5 Å². The van der Waals surface area contributed by atoms with Gasteiger partial charge in [-0.1, -0.05) is 19.1 Å². The van der Waals surface area contributed by atoms with E-state index in [1.807, 2.05) is 12.1 Å². The third-order valence-electron chi connectivity index (χ3n) is 4.65. The minimum absolute atomic E-state index is 0. The first-order valence-electron chi connectivity index (χ1n) is 8.80. The summed E-state index contributed by atoms with van der Waals surface area (Å²) in [5.41, 5.74) is 8.02. The molecule has 0 aliphatic carbocycles. The number of carbonyl (C=O) groups is 1. The van der Waals surface area contributed by atoms with Gasteiger partial charge in [0.2, 0.25) is 0 Å². The summed E-state index contributed by atoms with van der Waals surface area (Å²) >= 11 is 0. The summed E-state index contributed by atoms with van der Waals surface area (Å²) in [6.07, 6.45) is 1.43. The second-order valence-electron chi connectivity index (χ2n) is 6.37. The van der Waals surface area contributed by atoms with E-state index in [2.05, 4.69) is 34.2 Å². The van der Waals surface area contributed by atoms with Gasteiger partial charge in [-0.3, -0.25) is 9.69 Å². The summed E-state index contributed by atoms with van der Waals surface area (Å²) in [5, 5.41) is 2.88. The molecule has 1 aliphatic heterocycles. The van der Waals surface area contributed by atoms with Crippen molar-refractivity contribution in [3.8, 4) is 0 Å². The lowest BCUT2D eigenvalue weighted by atomic mass is 10.1. The molecule has 0 atom stereocenters. The molecule has 158 valence electrons. The molecular formula is C19H29Cl3N4O2. The first-order chi connectivity index (χ1) is 12.2. The number of likely N-dealkylation sites (N-methyl/N-ethyl adjacent to an activating group) is 1. The third-order valence-corrected chi connectivity index (χ3v) is 4.65. The molecule has 0 radical (unpaired) electrons. The average Bonchev–Trinajstić information content (AvgIpc) is 3.13. The molecular weight excluding hydrogens is 423 g/mol. The first kappa shape index (κ1) is 26.7. The van der Waals surface area contributed by atoms with E-state index in [0.29, 0.717) is 11.3 Å². The van der Waals surface area contributed by atoms with Crippen LogP contribution in [0.15, 0.2) is 41.0 Å².